The monoisotopic (exact) mass is 212 g/mol. The van der Waals surface area contributed by atoms with E-state index in [2.05, 4.69) is 12.6 Å². The Morgan fingerprint density at radius 2 is 1.94 bits per heavy atom. The first kappa shape index (κ1) is 9.83. The highest BCUT2D eigenvalue weighted by atomic mass is 16.1. The van der Waals surface area contributed by atoms with Crippen molar-refractivity contribution in [2.24, 2.45) is 5.41 Å². The summed E-state index contributed by atoms with van der Waals surface area (Å²) in [5, 5.41) is 0. The maximum atomic E-state index is 12.6. The van der Waals surface area contributed by atoms with E-state index in [1.165, 1.54) is 11.1 Å². The standard InChI is InChI=1S/C15H16O/c1-11-5-4-9-15(11)10-8-12-6-2-3-7-13(12)14(15)16/h2-3,6-7H,1,4-5,8-10H2/t15-/m1/s1. The Hall–Kier alpha value is -1.37. The van der Waals surface area contributed by atoms with Crippen molar-refractivity contribution in [3.8, 4) is 0 Å². The second-order valence-corrected chi connectivity index (χ2v) is 5.03. The molecule has 2 aliphatic carbocycles. The Bertz CT molecular complexity index is 472. The predicted octanol–water partition coefficient (Wildman–Crippen LogP) is 3.54. The normalized spacial score (nSPS) is 28.5. The number of aryl methyl sites for hydroxylation is 1. The van der Waals surface area contributed by atoms with Crippen molar-refractivity contribution in [1.82, 2.24) is 0 Å². The van der Waals surface area contributed by atoms with Gasteiger partial charge in [0.05, 0.1) is 5.41 Å². The first-order valence-electron chi connectivity index (χ1n) is 6.05. The van der Waals surface area contributed by atoms with Crippen LogP contribution < -0.4 is 0 Å². The minimum Gasteiger partial charge on any atom is -0.293 e. The lowest BCUT2D eigenvalue weighted by Crippen LogP contribution is -2.34. The van der Waals surface area contributed by atoms with Gasteiger partial charge in [-0.1, -0.05) is 36.4 Å². The maximum Gasteiger partial charge on any atom is 0.173 e. The van der Waals surface area contributed by atoms with Gasteiger partial charge in [-0.15, -0.1) is 0 Å². The van der Waals surface area contributed by atoms with Crippen LogP contribution in [-0.2, 0) is 6.42 Å². The van der Waals surface area contributed by atoms with E-state index in [4.69, 9.17) is 0 Å². The summed E-state index contributed by atoms with van der Waals surface area (Å²) in [5.41, 5.74) is 3.13. The lowest BCUT2D eigenvalue weighted by molar-refractivity contribution is 0.0818. The van der Waals surface area contributed by atoms with Crippen molar-refractivity contribution >= 4 is 5.78 Å². The quantitative estimate of drug-likeness (QED) is 0.601. The number of benzene rings is 1. The average Bonchev–Trinajstić information content (AvgIpc) is 2.67. The lowest BCUT2D eigenvalue weighted by atomic mass is 9.68. The summed E-state index contributed by atoms with van der Waals surface area (Å²) in [6, 6.07) is 8.04. The highest BCUT2D eigenvalue weighted by Crippen LogP contribution is 2.50. The van der Waals surface area contributed by atoms with Gasteiger partial charge in [-0.25, -0.2) is 0 Å². The highest BCUT2D eigenvalue weighted by molar-refractivity contribution is 6.04. The Kier molecular flexibility index (Phi) is 2.03. The third-order valence-electron chi connectivity index (χ3n) is 4.28. The van der Waals surface area contributed by atoms with Crippen molar-refractivity contribution in [3.05, 3.63) is 47.5 Å². The molecular formula is C15H16O. The lowest BCUT2D eigenvalue weighted by Gasteiger charge is -2.34. The molecule has 1 aromatic carbocycles. The van der Waals surface area contributed by atoms with E-state index in [0.29, 0.717) is 5.78 Å². The molecule has 1 atom stereocenters. The topological polar surface area (TPSA) is 17.1 Å². The first-order chi connectivity index (χ1) is 7.74. The van der Waals surface area contributed by atoms with Crippen LogP contribution in [0.3, 0.4) is 0 Å². The molecule has 0 amide bonds. The van der Waals surface area contributed by atoms with Gasteiger partial charge in [0.2, 0.25) is 0 Å². The molecule has 0 heterocycles. The molecule has 0 bridgehead atoms. The van der Waals surface area contributed by atoms with E-state index in [1.807, 2.05) is 18.2 Å². The molecule has 16 heavy (non-hydrogen) atoms. The molecule has 2 aliphatic rings. The van der Waals surface area contributed by atoms with Crippen LogP contribution in [0.4, 0.5) is 0 Å². The number of allylic oxidation sites excluding steroid dienone is 1. The van der Waals surface area contributed by atoms with E-state index in [-0.39, 0.29) is 5.41 Å². The molecule has 0 radical (unpaired) electrons. The summed E-state index contributed by atoms with van der Waals surface area (Å²) in [6.45, 7) is 4.13. The Balaban J connectivity index is 2.10. The molecule has 1 heteroatoms. The highest BCUT2D eigenvalue weighted by Gasteiger charge is 2.46. The summed E-state index contributed by atoms with van der Waals surface area (Å²) in [4.78, 5) is 12.6. The first-order valence-corrected chi connectivity index (χ1v) is 6.05. The molecule has 1 fully saturated rings. The van der Waals surface area contributed by atoms with Crippen molar-refractivity contribution in [2.75, 3.05) is 0 Å². The predicted molar refractivity (Wildman–Crippen MR) is 64.5 cm³/mol. The molecule has 82 valence electrons. The molecule has 0 saturated heterocycles. The van der Waals surface area contributed by atoms with Gasteiger partial charge < -0.3 is 0 Å². The van der Waals surface area contributed by atoms with Crippen LogP contribution >= 0.6 is 0 Å². The number of ketones is 1. The Morgan fingerprint density at radius 3 is 2.69 bits per heavy atom. The number of fused-ring (bicyclic) bond motifs is 1. The Morgan fingerprint density at radius 1 is 1.12 bits per heavy atom. The van der Waals surface area contributed by atoms with Crippen LogP contribution in [0.25, 0.3) is 0 Å². The third-order valence-corrected chi connectivity index (χ3v) is 4.28. The average molecular weight is 212 g/mol. The van der Waals surface area contributed by atoms with E-state index >= 15 is 0 Å². The van der Waals surface area contributed by atoms with Gasteiger partial charge in [0.1, 0.15) is 0 Å². The summed E-state index contributed by atoms with van der Waals surface area (Å²) < 4.78 is 0. The van der Waals surface area contributed by atoms with Gasteiger partial charge in [-0.05, 0) is 37.7 Å². The van der Waals surface area contributed by atoms with Crippen molar-refractivity contribution in [1.29, 1.82) is 0 Å². The zero-order valence-electron chi connectivity index (χ0n) is 9.46. The van der Waals surface area contributed by atoms with E-state index in [9.17, 15) is 4.79 Å². The number of hydrogen-bond donors (Lipinski definition) is 0. The van der Waals surface area contributed by atoms with Crippen LogP contribution in [-0.4, -0.2) is 5.78 Å². The van der Waals surface area contributed by atoms with Crippen LogP contribution in [0.15, 0.2) is 36.4 Å². The van der Waals surface area contributed by atoms with Gasteiger partial charge in [0.25, 0.3) is 0 Å². The molecule has 3 rings (SSSR count). The zero-order valence-corrected chi connectivity index (χ0v) is 9.46. The molecule has 1 nitrogen and oxygen atoms in total. The summed E-state index contributed by atoms with van der Waals surface area (Å²) in [5.74, 6) is 0.330. The van der Waals surface area contributed by atoms with Crippen molar-refractivity contribution < 1.29 is 4.79 Å². The minimum atomic E-state index is -0.200. The van der Waals surface area contributed by atoms with E-state index in [1.54, 1.807) is 0 Å². The molecule has 1 spiro atoms. The smallest absolute Gasteiger partial charge is 0.173 e. The second-order valence-electron chi connectivity index (χ2n) is 5.03. The number of carbonyl (C=O) groups excluding carboxylic acids is 1. The third kappa shape index (κ3) is 1.14. The summed E-state index contributed by atoms with van der Waals surface area (Å²) in [7, 11) is 0. The van der Waals surface area contributed by atoms with Gasteiger partial charge in [-0.3, -0.25) is 4.79 Å². The maximum absolute atomic E-state index is 12.6. The van der Waals surface area contributed by atoms with Gasteiger partial charge >= 0.3 is 0 Å². The molecule has 0 unspecified atom stereocenters. The van der Waals surface area contributed by atoms with Crippen molar-refractivity contribution in [2.45, 2.75) is 32.1 Å². The van der Waals surface area contributed by atoms with Gasteiger partial charge in [0, 0.05) is 5.56 Å². The van der Waals surface area contributed by atoms with Crippen LogP contribution in [0.1, 0.15) is 41.6 Å². The fourth-order valence-corrected chi connectivity index (χ4v) is 3.27. The molecule has 1 aromatic rings. The zero-order chi connectivity index (χ0) is 11.2. The summed E-state index contributed by atoms with van der Waals surface area (Å²) in [6.07, 6.45) is 5.18. The van der Waals surface area contributed by atoms with Crippen LogP contribution in [0.5, 0.6) is 0 Å². The van der Waals surface area contributed by atoms with Crippen molar-refractivity contribution in [3.63, 3.8) is 0 Å². The Labute approximate surface area is 96.2 Å². The van der Waals surface area contributed by atoms with E-state index in [0.717, 1.165) is 37.7 Å². The second kappa shape index (κ2) is 3.31. The minimum absolute atomic E-state index is 0.200. The molecule has 0 N–H and O–H groups in total. The van der Waals surface area contributed by atoms with Crippen LogP contribution in [0, 0.1) is 5.41 Å². The number of carbonyl (C=O) groups is 1. The molecule has 1 saturated carbocycles. The molecular weight excluding hydrogens is 196 g/mol. The SMILES string of the molecule is C=C1CCC[C@@]12CCc1ccccc1C2=O. The van der Waals surface area contributed by atoms with Gasteiger partial charge in [-0.2, -0.15) is 0 Å². The van der Waals surface area contributed by atoms with E-state index < -0.39 is 0 Å². The van der Waals surface area contributed by atoms with Gasteiger partial charge in [0.15, 0.2) is 5.78 Å². The molecule has 0 aliphatic heterocycles. The number of rotatable bonds is 0. The van der Waals surface area contributed by atoms with Crippen LogP contribution in [0.2, 0.25) is 0 Å². The fourth-order valence-electron chi connectivity index (χ4n) is 3.27. The number of hydrogen-bond acceptors (Lipinski definition) is 1. The number of Topliss-reactive ketones (excluding diaryl/α,β-unsaturated/α-hetero) is 1. The fraction of sp³-hybridized carbons (Fsp3) is 0.400. The summed E-state index contributed by atoms with van der Waals surface area (Å²) >= 11 is 0. The largest absolute Gasteiger partial charge is 0.293 e. The molecule has 0 aromatic heterocycles.